The second-order valence-corrected chi connectivity index (χ2v) is 5.56. The molecule has 1 N–H and O–H groups in total. The monoisotopic (exact) mass is 485 g/mol. The van der Waals surface area contributed by atoms with E-state index in [0.717, 1.165) is 10.2 Å². The molecule has 2 rings (SSSR count). The number of alkyl halides is 3. The second-order valence-electron chi connectivity index (χ2n) is 5.56. The Bertz CT molecular complexity index is 740. The van der Waals surface area contributed by atoms with Crippen LogP contribution in [0.15, 0.2) is 35.5 Å². The summed E-state index contributed by atoms with van der Waals surface area (Å²) in [4.78, 5) is 5.80. The average Bonchev–Trinajstić information content (AvgIpc) is 2.91. The van der Waals surface area contributed by atoms with Gasteiger partial charge in [-0.2, -0.15) is 18.3 Å². The predicted octanol–water partition coefficient (Wildman–Crippen LogP) is 3.40. The lowest BCUT2D eigenvalue weighted by Gasteiger charge is -2.22. The minimum Gasteiger partial charge on any atom is -0.352 e. The van der Waals surface area contributed by atoms with Gasteiger partial charge in [0.25, 0.3) is 0 Å². The molecule has 0 saturated carbocycles. The van der Waals surface area contributed by atoms with E-state index in [1.165, 1.54) is 32.4 Å². The third kappa shape index (κ3) is 5.85. The van der Waals surface area contributed by atoms with Crippen LogP contribution in [0.2, 0.25) is 0 Å². The highest BCUT2D eigenvalue weighted by Gasteiger charge is 2.36. The molecule has 0 aliphatic carbocycles. The van der Waals surface area contributed by atoms with Crippen LogP contribution in [-0.2, 0) is 26.3 Å². The summed E-state index contributed by atoms with van der Waals surface area (Å²) in [5.41, 5.74) is -0.0327. The van der Waals surface area contributed by atoms with Crippen LogP contribution in [0.25, 0.3) is 0 Å². The van der Waals surface area contributed by atoms with Gasteiger partial charge in [-0.3, -0.25) is 9.67 Å². The predicted molar refractivity (Wildman–Crippen MR) is 102 cm³/mol. The molecule has 1 aromatic heterocycles. The number of halogens is 5. The zero-order valence-electron chi connectivity index (χ0n) is 14.5. The third-order valence-corrected chi connectivity index (χ3v) is 3.52. The van der Waals surface area contributed by atoms with Gasteiger partial charge < -0.3 is 10.2 Å². The van der Waals surface area contributed by atoms with Crippen molar-refractivity contribution in [2.45, 2.75) is 19.3 Å². The summed E-state index contributed by atoms with van der Waals surface area (Å²) in [6.07, 6.45) is -3.19. The third-order valence-electron chi connectivity index (χ3n) is 3.52. The van der Waals surface area contributed by atoms with Gasteiger partial charge in [0.1, 0.15) is 5.82 Å². The number of hydrogen-bond donors (Lipinski definition) is 1. The molecule has 2 aromatic rings. The zero-order chi connectivity index (χ0) is 18.6. The lowest BCUT2D eigenvalue weighted by molar-refractivity contribution is -0.142. The minimum atomic E-state index is -4.51. The zero-order valence-corrected chi connectivity index (χ0v) is 16.8. The number of guanidine groups is 1. The summed E-state index contributed by atoms with van der Waals surface area (Å²) < 4.78 is 53.0. The molecule has 0 unspecified atom stereocenters. The van der Waals surface area contributed by atoms with Gasteiger partial charge in [0.2, 0.25) is 0 Å². The Morgan fingerprint density at radius 1 is 1.27 bits per heavy atom. The highest BCUT2D eigenvalue weighted by molar-refractivity contribution is 14.0. The summed E-state index contributed by atoms with van der Waals surface area (Å²) in [6.45, 7) is 0.363. The van der Waals surface area contributed by atoms with Crippen LogP contribution in [0.1, 0.15) is 16.8 Å². The van der Waals surface area contributed by atoms with Crippen molar-refractivity contribution in [2.24, 2.45) is 12.0 Å². The van der Waals surface area contributed by atoms with E-state index in [2.05, 4.69) is 15.4 Å². The summed E-state index contributed by atoms with van der Waals surface area (Å²) >= 11 is 0. The van der Waals surface area contributed by atoms with Crippen molar-refractivity contribution in [3.05, 3.63) is 53.1 Å². The summed E-state index contributed by atoms with van der Waals surface area (Å²) in [7, 11) is 4.72. The first-order chi connectivity index (χ1) is 11.7. The number of aromatic nitrogens is 2. The van der Waals surface area contributed by atoms with Crippen molar-refractivity contribution in [3.8, 4) is 0 Å². The van der Waals surface area contributed by atoms with Gasteiger partial charge in [-0.25, -0.2) is 4.39 Å². The van der Waals surface area contributed by atoms with E-state index >= 15 is 0 Å². The first kappa shape index (κ1) is 22.2. The first-order valence-corrected chi connectivity index (χ1v) is 7.46. The highest BCUT2D eigenvalue weighted by Crippen LogP contribution is 2.30. The molecule has 0 bridgehead atoms. The molecule has 0 spiro atoms. The van der Waals surface area contributed by atoms with Gasteiger partial charge in [-0.15, -0.1) is 24.0 Å². The number of rotatable bonds is 4. The van der Waals surface area contributed by atoms with Crippen LogP contribution in [0.4, 0.5) is 17.6 Å². The van der Waals surface area contributed by atoms with Crippen molar-refractivity contribution in [1.29, 1.82) is 0 Å². The molecule has 1 heterocycles. The average molecular weight is 485 g/mol. The fourth-order valence-corrected chi connectivity index (χ4v) is 2.40. The van der Waals surface area contributed by atoms with E-state index in [0.29, 0.717) is 12.5 Å². The standard InChI is InChI=1S/C16H19F4N5.HI/c1-21-15(24(2)9-11-4-6-13(17)7-5-11)22-8-12-10-25(3)23-14(12)16(18,19)20;/h4-7,10H,8-9H2,1-3H3,(H,21,22);1H. The Morgan fingerprint density at radius 3 is 2.42 bits per heavy atom. The SMILES string of the molecule is CN=C(NCc1cn(C)nc1C(F)(F)F)N(C)Cc1ccc(F)cc1.I. The molecule has 5 nitrogen and oxygen atoms in total. The maximum Gasteiger partial charge on any atom is 0.435 e. The van der Waals surface area contributed by atoms with E-state index in [4.69, 9.17) is 0 Å². The highest BCUT2D eigenvalue weighted by atomic mass is 127. The second kappa shape index (κ2) is 9.19. The summed E-state index contributed by atoms with van der Waals surface area (Å²) in [6, 6.07) is 5.99. The van der Waals surface area contributed by atoms with Crippen LogP contribution in [-0.4, -0.2) is 34.7 Å². The minimum absolute atomic E-state index is 0. The van der Waals surface area contributed by atoms with Crippen LogP contribution in [0, 0.1) is 5.82 Å². The van der Waals surface area contributed by atoms with Crippen LogP contribution < -0.4 is 5.32 Å². The Balaban J connectivity index is 0.00000338. The fourth-order valence-electron chi connectivity index (χ4n) is 2.40. The van der Waals surface area contributed by atoms with Gasteiger partial charge in [0.15, 0.2) is 11.7 Å². The van der Waals surface area contributed by atoms with Crippen molar-refractivity contribution in [2.75, 3.05) is 14.1 Å². The molecule has 1 aromatic carbocycles. The number of aryl methyl sites for hydroxylation is 1. The van der Waals surface area contributed by atoms with Crippen LogP contribution in [0.3, 0.4) is 0 Å². The Morgan fingerprint density at radius 2 is 1.88 bits per heavy atom. The maximum absolute atomic E-state index is 13.0. The molecule has 0 atom stereocenters. The lowest BCUT2D eigenvalue weighted by atomic mass is 10.2. The smallest absolute Gasteiger partial charge is 0.352 e. The molecular weight excluding hydrogens is 465 g/mol. The molecule has 0 radical (unpaired) electrons. The molecule has 0 saturated heterocycles. The lowest BCUT2D eigenvalue weighted by Crippen LogP contribution is -2.38. The van der Waals surface area contributed by atoms with Crippen LogP contribution >= 0.6 is 24.0 Å². The molecule has 0 aliphatic heterocycles. The van der Waals surface area contributed by atoms with E-state index in [1.807, 2.05) is 0 Å². The Hall–Kier alpha value is -1.85. The quantitative estimate of drug-likeness (QED) is 0.313. The Kier molecular flexibility index (Phi) is 7.85. The van der Waals surface area contributed by atoms with Gasteiger partial charge in [-0.05, 0) is 17.7 Å². The number of nitrogens with zero attached hydrogens (tertiary/aromatic N) is 4. The van der Waals surface area contributed by atoms with Crippen molar-refractivity contribution >= 4 is 29.9 Å². The normalized spacial score (nSPS) is 11.9. The molecule has 144 valence electrons. The summed E-state index contributed by atoms with van der Waals surface area (Å²) in [5.74, 6) is 0.0893. The van der Waals surface area contributed by atoms with Gasteiger partial charge >= 0.3 is 6.18 Å². The van der Waals surface area contributed by atoms with E-state index < -0.39 is 11.9 Å². The number of nitrogens with one attached hydrogen (secondary N) is 1. The van der Waals surface area contributed by atoms with Crippen molar-refractivity contribution < 1.29 is 17.6 Å². The first-order valence-electron chi connectivity index (χ1n) is 7.46. The van der Waals surface area contributed by atoms with Gasteiger partial charge in [-0.1, -0.05) is 12.1 Å². The maximum atomic E-state index is 13.0. The van der Waals surface area contributed by atoms with Crippen LogP contribution in [0.5, 0.6) is 0 Å². The molecule has 0 amide bonds. The number of aliphatic imine (C=N–C) groups is 1. The van der Waals surface area contributed by atoms with Gasteiger partial charge in [0.05, 0.1) is 0 Å². The molecular formula is C16H20F4IN5. The number of benzene rings is 1. The summed E-state index contributed by atoms with van der Waals surface area (Å²) in [5, 5.41) is 6.36. The van der Waals surface area contributed by atoms with E-state index in [9.17, 15) is 17.6 Å². The van der Waals surface area contributed by atoms with E-state index in [-0.39, 0.29) is 41.9 Å². The molecule has 10 heteroatoms. The topological polar surface area (TPSA) is 45.5 Å². The van der Waals surface area contributed by atoms with Crippen molar-refractivity contribution in [1.82, 2.24) is 20.0 Å². The molecule has 26 heavy (non-hydrogen) atoms. The number of hydrogen-bond acceptors (Lipinski definition) is 2. The molecule has 0 aliphatic rings. The molecule has 0 fully saturated rings. The fraction of sp³-hybridized carbons (Fsp3) is 0.375. The van der Waals surface area contributed by atoms with E-state index in [1.54, 1.807) is 24.1 Å². The Labute approximate surface area is 166 Å². The largest absolute Gasteiger partial charge is 0.435 e. The van der Waals surface area contributed by atoms with Crippen molar-refractivity contribution in [3.63, 3.8) is 0 Å². The van der Waals surface area contributed by atoms with Gasteiger partial charge in [0, 0.05) is 46.0 Å².